The number of halogens is 2. The fraction of sp³-hybridized carbons (Fsp3) is 0.412. The normalized spacial score (nSPS) is 21.8. The van der Waals surface area contributed by atoms with Gasteiger partial charge in [-0.1, -0.05) is 11.6 Å². The van der Waals surface area contributed by atoms with E-state index in [2.05, 4.69) is 15.0 Å². The number of aromatic nitrogens is 1. The van der Waals surface area contributed by atoms with Crippen LogP contribution in [-0.2, 0) is 19.7 Å². The topological polar surface area (TPSA) is 101 Å². The average molecular weight is 463 g/mol. The summed E-state index contributed by atoms with van der Waals surface area (Å²) in [5.74, 6) is -1.16. The van der Waals surface area contributed by atoms with Crippen LogP contribution in [0.2, 0.25) is 5.02 Å². The molecule has 1 aromatic heterocycles. The van der Waals surface area contributed by atoms with Gasteiger partial charge in [-0.15, -0.1) is 11.3 Å². The van der Waals surface area contributed by atoms with E-state index in [0.29, 0.717) is 11.6 Å². The van der Waals surface area contributed by atoms with Gasteiger partial charge < -0.3 is 10.1 Å². The first-order valence-corrected chi connectivity index (χ1v) is 11.5. The van der Waals surface area contributed by atoms with Crippen LogP contribution in [0.5, 0.6) is 0 Å². The monoisotopic (exact) mass is 462 g/mol. The standard InChI is InChI=1S/C17H20ClFN4O4S2/c1-2-27-7-6-23-15(16(24)21-11-3-4-13(19)12(18)9-11)10-14(22-29(23,25)26)17-20-5-8-28-17/h3-5,8-9,14-15,22H,2,6-7,10H2,1H3,(H,21,24)/t14-,15+/m0/s1. The number of hydrogen-bond donors (Lipinski definition) is 2. The Hall–Kier alpha value is -1.63. The number of nitrogens with zero attached hydrogens (tertiary/aromatic N) is 2. The van der Waals surface area contributed by atoms with Gasteiger partial charge in [-0.05, 0) is 31.5 Å². The smallest absolute Gasteiger partial charge is 0.280 e. The van der Waals surface area contributed by atoms with Gasteiger partial charge in [0.05, 0.1) is 17.7 Å². The van der Waals surface area contributed by atoms with Gasteiger partial charge in [0, 0.05) is 30.4 Å². The third-order valence-electron chi connectivity index (χ3n) is 4.31. The lowest BCUT2D eigenvalue weighted by atomic mass is 10.1. The number of carbonyl (C=O) groups is 1. The maximum Gasteiger partial charge on any atom is 0.280 e. The summed E-state index contributed by atoms with van der Waals surface area (Å²) in [6.07, 6.45) is 1.75. The molecular formula is C17H20ClFN4O4S2. The highest BCUT2D eigenvalue weighted by Crippen LogP contribution is 2.30. The predicted molar refractivity (Wildman–Crippen MR) is 109 cm³/mol. The van der Waals surface area contributed by atoms with Gasteiger partial charge in [-0.2, -0.15) is 17.4 Å². The second-order valence-corrected chi connectivity index (χ2v) is 9.21. The van der Waals surface area contributed by atoms with Crippen LogP contribution in [-0.4, -0.2) is 49.4 Å². The van der Waals surface area contributed by atoms with E-state index >= 15 is 0 Å². The molecule has 12 heteroatoms. The Morgan fingerprint density at radius 3 is 2.97 bits per heavy atom. The van der Waals surface area contributed by atoms with Crippen LogP contribution in [0.1, 0.15) is 24.4 Å². The molecule has 2 aromatic rings. The summed E-state index contributed by atoms with van der Waals surface area (Å²) in [7, 11) is -3.96. The van der Waals surface area contributed by atoms with Gasteiger partial charge in [-0.25, -0.2) is 9.37 Å². The van der Waals surface area contributed by atoms with E-state index in [9.17, 15) is 17.6 Å². The minimum Gasteiger partial charge on any atom is -0.380 e. The number of anilines is 1. The lowest BCUT2D eigenvalue weighted by Crippen LogP contribution is -2.58. The quantitative estimate of drug-likeness (QED) is 0.616. The Labute approximate surface area is 177 Å². The third kappa shape index (κ3) is 5.30. The van der Waals surface area contributed by atoms with Crippen molar-refractivity contribution in [3.63, 3.8) is 0 Å². The highest BCUT2D eigenvalue weighted by molar-refractivity contribution is 7.87. The van der Waals surface area contributed by atoms with E-state index in [1.165, 1.54) is 23.5 Å². The summed E-state index contributed by atoms with van der Waals surface area (Å²) in [5, 5.41) is 4.78. The number of carbonyl (C=O) groups excluding carboxylic acids is 1. The summed E-state index contributed by atoms with van der Waals surface area (Å²) in [6, 6.07) is 2.13. The molecule has 1 aliphatic rings. The van der Waals surface area contributed by atoms with Crippen molar-refractivity contribution in [2.75, 3.05) is 25.1 Å². The first-order valence-electron chi connectivity index (χ1n) is 8.84. The molecule has 1 aliphatic heterocycles. The van der Waals surface area contributed by atoms with Crippen LogP contribution >= 0.6 is 22.9 Å². The van der Waals surface area contributed by atoms with Crippen molar-refractivity contribution >= 4 is 44.7 Å². The zero-order chi connectivity index (χ0) is 21.0. The highest BCUT2D eigenvalue weighted by Gasteiger charge is 2.43. The molecule has 2 atom stereocenters. The van der Waals surface area contributed by atoms with Gasteiger partial charge in [-0.3, -0.25) is 4.79 Å². The van der Waals surface area contributed by atoms with E-state index in [1.807, 2.05) is 0 Å². The molecule has 0 radical (unpaired) electrons. The number of amides is 1. The molecule has 2 heterocycles. The molecule has 0 unspecified atom stereocenters. The molecule has 0 bridgehead atoms. The SMILES string of the molecule is CCOCCN1[C@@H](C(=O)Nc2ccc(F)c(Cl)c2)C[C@@H](c2nccs2)NS1(=O)=O. The van der Waals surface area contributed by atoms with E-state index in [1.54, 1.807) is 18.5 Å². The Bertz CT molecular complexity index is 958. The van der Waals surface area contributed by atoms with Crippen LogP contribution in [0.15, 0.2) is 29.8 Å². The Morgan fingerprint density at radius 1 is 1.52 bits per heavy atom. The van der Waals surface area contributed by atoms with Crippen LogP contribution in [0.4, 0.5) is 10.1 Å². The van der Waals surface area contributed by atoms with Crippen molar-refractivity contribution in [1.29, 1.82) is 0 Å². The largest absolute Gasteiger partial charge is 0.380 e. The summed E-state index contributed by atoms with van der Waals surface area (Å²) in [6.45, 7) is 2.37. The molecule has 0 aliphatic carbocycles. The first-order chi connectivity index (χ1) is 13.8. The van der Waals surface area contributed by atoms with Crippen molar-refractivity contribution in [3.8, 4) is 0 Å². The summed E-state index contributed by atoms with van der Waals surface area (Å²) in [4.78, 5) is 17.1. The molecule has 1 amide bonds. The highest BCUT2D eigenvalue weighted by atomic mass is 35.5. The van der Waals surface area contributed by atoms with Gasteiger partial charge in [0.15, 0.2) is 0 Å². The molecular weight excluding hydrogens is 443 g/mol. The van der Waals surface area contributed by atoms with Gasteiger partial charge in [0.25, 0.3) is 10.2 Å². The van der Waals surface area contributed by atoms with E-state index in [4.69, 9.17) is 16.3 Å². The Balaban J connectivity index is 1.85. The number of benzene rings is 1. The van der Waals surface area contributed by atoms with Crippen molar-refractivity contribution in [1.82, 2.24) is 14.0 Å². The summed E-state index contributed by atoms with van der Waals surface area (Å²) >= 11 is 7.07. The second-order valence-electron chi connectivity index (χ2n) is 6.22. The molecule has 1 saturated heterocycles. The van der Waals surface area contributed by atoms with E-state index in [0.717, 1.165) is 10.4 Å². The second kappa shape index (κ2) is 9.45. The van der Waals surface area contributed by atoms with Gasteiger partial charge in [0.2, 0.25) is 5.91 Å². The fourth-order valence-corrected chi connectivity index (χ4v) is 5.47. The minimum absolute atomic E-state index is 0.00994. The molecule has 158 valence electrons. The molecule has 1 fully saturated rings. The summed E-state index contributed by atoms with van der Waals surface area (Å²) in [5.41, 5.74) is 0.271. The van der Waals surface area contributed by atoms with Crippen LogP contribution < -0.4 is 10.0 Å². The molecule has 1 aromatic carbocycles. The maximum absolute atomic E-state index is 13.4. The zero-order valence-corrected chi connectivity index (χ0v) is 17.9. The first kappa shape index (κ1) is 22.1. The van der Waals surface area contributed by atoms with Crippen molar-refractivity contribution in [2.24, 2.45) is 0 Å². The average Bonchev–Trinajstić information content (AvgIpc) is 3.20. The van der Waals surface area contributed by atoms with Gasteiger partial charge >= 0.3 is 0 Å². The number of ether oxygens (including phenoxy) is 1. The van der Waals surface area contributed by atoms with Crippen LogP contribution in [0.25, 0.3) is 0 Å². The van der Waals surface area contributed by atoms with Crippen LogP contribution in [0.3, 0.4) is 0 Å². The zero-order valence-electron chi connectivity index (χ0n) is 15.5. The predicted octanol–water partition coefficient (Wildman–Crippen LogP) is 2.56. The maximum atomic E-state index is 13.4. The lowest BCUT2D eigenvalue weighted by molar-refractivity contribution is -0.120. The molecule has 8 nitrogen and oxygen atoms in total. The Morgan fingerprint density at radius 2 is 2.31 bits per heavy atom. The number of rotatable bonds is 7. The van der Waals surface area contributed by atoms with Crippen molar-refractivity contribution < 1.29 is 22.3 Å². The van der Waals surface area contributed by atoms with Crippen molar-refractivity contribution in [3.05, 3.63) is 45.6 Å². The number of thiazole rings is 1. The van der Waals surface area contributed by atoms with Crippen LogP contribution in [0, 0.1) is 5.82 Å². The van der Waals surface area contributed by atoms with Crippen molar-refractivity contribution in [2.45, 2.75) is 25.4 Å². The summed E-state index contributed by atoms with van der Waals surface area (Å²) < 4.78 is 48.0. The van der Waals surface area contributed by atoms with E-state index in [-0.39, 0.29) is 30.3 Å². The lowest BCUT2D eigenvalue weighted by Gasteiger charge is -2.37. The Kier molecular flexibility index (Phi) is 7.19. The molecule has 0 spiro atoms. The van der Waals surface area contributed by atoms with Gasteiger partial charge in [0.1, 0.15) is 16.9 Å². The molecule has 2 N–H and O–H groups in total. The molecule has 0 saturated carbocycles. The molecule has 3 rings (SSSR count). The molecule has 29 heavy (non-hydrogen) atoms. The fourth-order valence-electron chi connectivity index (χ4n) is 2.97. The van der Waals surface area contributed by atoms with E-state index < -0.39 is 34.0 Å². The minimum atomic E-state index is -3.96. The number of hydrogen-bond acceptors (Lipinski definition) is 6. The number of nitrogens with one attached hydrogen (secondary N) is 2. The third-order valence-corrected chi connectivity index (χ3v) is 7.12.